The molecule has 0 fully saturated rings. The summed E-state index contributed by atoms with van der Waals surface area (Å²) in [5.41, 5.74) is 6.79. The van der Waals surface area contributed by atoms with Crippen LogP contribution >= 0.6 is 11.6 Å². The average Bonchev–Trinajstić information content (AvgIpc) is 2.46. The molecule has 0 heterocycles. The van der Waals surface area contributed by atoms with E-state index in [-0.39, 0.29) is 23.2 Å². The van der Waals surface area contributed by atoms with Gasteiger partial charge in [0.1, 0.15) is 6.61 Å². The summed E-state index contributed by atoms with van der Waals surface area (Å²) in [6.07, 6.45) is 0. The van der Waals surface area contributed by atoms with E-state index in [2.05, 4.69) is 5.16 Å². The Balaban J connectivity index is 2.15. The molecule has 0 aliphatic carbocycles. The van der Waals surface area contributed by atoms with E-state index in [1.165, 1.54) is 12.1 Å². The first-order valence-electron chi connectivity index (χ1n) is 5.75. The lowest BCUT2D eigenvalue weighted by atomic mass is 10.1. The minimum absolute atomic E-state index is 0.00312. The minimum Gasteiger partial charge on any atom is -0.484 e. The zero-order chi connectivity index (χ0) is 14.5. The first-order chi connectivity index (χ1) is 9.61. The third kappa shape index (κ3) is 3.19. The molecule has 20 heavy (non-hydrogen) atoms. The quantitative estimate of drug-likeness (QED) is 0.394. The van der Waals surface area contributed by atoms with E-state index in [1.807, 2.05) is 0 Å². The van der Waals surface area contributed by atoms with Crippen LogP contribution in [0.4, 0.5) is 4.39 Å². The number of amidine groups is 1. The van der Waals surface area contributed by atoms with Crippen LogP contribution in [0, 0.1) is 5.82 Å². The fourth-order valence-corrected chi connectivity index (χ4v) is 1.87. The molecule has 4 nitrogen and oxygen atoms in total. The third-order valence-electron chi connectivity index (χ3n) is 2.63. The Bertz CT molecular complexity index is 627. The largest absolute Gasteiger partial charge is 0.484 e. The van der Waals surface area contributed by atoms with E-state index < -0.39 is 5.82 Å². The maximum absolute atomic E-state index is 13.5. The van der Waals surface area contributed by atoms with Crippen LogP contribution in [0.15, 0.2) is 47.6 Å². The monoisotopic (exact) mass is 294 g/mol. The van der Waals surface area contributed by atoms with Crippen LogP contribution in [0.3, 0.4) is 0 Å². The van der Waals surface area contributed by atoms with Crippen LogP contribution in [0.2, 0.25) is 5.02 Å². The van der Waals surface area contributed by atoms with Crippen molar-refractivity contribution >= 4 is 17.4 Å². The standard InChI is InChI=1S/C14H12ClFN2O2/c15-11-5-2-6-12(16)13(11)20-8-9-3-1-4-10(7-9)14(17)18-19/h1-7,19H,8H2,(H2,17,18). The highest BCUT2D eigenvalue weighted by Gasteiger charge is 2.08. The van der Waals surface area contributed by atoms with Crippen molar-refractivity contribution in [2.24, 2.45) is 10.9 Å². The molecule has 104 valence electrons. The number of hydrogen-bond acceptors (Lipinski definition) is 3. The SMILES string of the molecule is N/C(=N/O)c1cccc(COc2c(F)cccc2Cl)c1. The van der Waals surface area contributed by atoms with Gasteiger partial charge in [-0.3, -0.25) is 0 Å². The lowest BCUT2D eigenvalue weighted by Gasteiger charge is -2.09. The maximum atomic E-state index is 13.5. The molecule has 3 N–H and O–H groups in total. The molecular formula is C14H12ClFN2O2. The maximum Gasteiger partial charge on any atom is 0.174 e. The number of ether oxygens (including phenoxy) is 1. The van der Waals surface area contributed by atoms with E-state index in [0.717, 1.165) is 5.56 Å². The second-order valence-electron chi connectivity index (χ2n) is 4.03. The second-order valence-corrected chi connectivity index (χ2v) is 4.43. The molecule has 0 saturated heterocycles. The first-order valence-corrected chi connectivity index (χ1v) is 6.13. The number of rotatable bonds is 4. The summed E-state index contributed by atoms with van der Waals surface area (Å²) in [7, 11) is 0. The Morgan fingerprint density at radius 2 is 2.05 bits per heavy atom. The Morgan fingerprint density at radius 3 is 2.75 bits per heavy atom. The zero-order valence-electron chi connectivity index (χ0n) is 10.4. The molecule has 0 aromatic heterocycles. The normalized spacial score (nSPS) is 11.4. The summed E-state index contributed by atoms with van der Waals surface area (Å²) in [6.45, 7) is 0.118. The fraction of sp³-hybridized carbons (Fsp3) is 0.0714. The van der Waals surface area contributed by atoms with E-state index in [4.69, 9.17) is 27.3 Å². The highest BCUT2D eigenvalue weighted by molar-refractivity contribution is 6.32. The Kier molecular flexibility index (Phi) is 4.42. The summed E-state index contributed by atoms with van der Waals surface area (Å²) in [5, 5.41) is 11.7. The number of oxime groups is 1. The Hall–Kier alpha value is -2.27. The van der Waals surface area contributed by atoms with Crippen molar-refractivity contribution in [3.8, 4) is 5.75 Å². The Morgan fingerprint density at radius 1 is 1.30 bits per heavy atom. The van der Waals surface area contributed by atoms with Gasteiger partial charge in [0.2, 0.25) is 0 Å². The molecule has 6 heteroatoms. The number of para-hydroxylation sites is 1. The number of hydrogen-bond donors (Lipinski definition) is 2. The molecule has 0 aliphatic heterocycles. The number of nitrogens with two attached hydrogens (primary N) is 1. The van der Waals surface area contributed by atoms with Gasteiger partial charge < -0.3 is 15.7 Å². The van der Waals surface area contributed by atoms with E-state index in [0.29, 0.717) is 5.56 Å². The number of nitrogens with zero attached hydrogens (tertiary/aromatic N) is 1. The van der Waals surface area contributed by atoms with Gasteiger partial charge >= 0.3 is 0 Å². The highest BCUT2D eigenvalue weighted by atomic mass is 35.5. The molecule has 0 atom stereocenters. The van der Waals surface area contributed by atoms with Crippen LogP contribution in [-0.4, -0.2) is 11.0 Å². The number of halogens is 2. The zero-order valence-corrected chi connectivity index (χ0v) is 11.1. The van der Waals surface area contributed by atoms with Crippen LogP contribution < -0.4 is 10.5 Å². The molecule has 0 amide bonds. The average molecular weight is 295 g/mol. The van der Waals surface area contributed by atoms with Crippen LogP contribution in [-0.2, 0) is 6.61 Å². The molecule has 2 aromatic carbocycles. The van der Waals surface area contributed by atoms with Crippen LogP contribution in [0.1, 0.15) is 11.1 Å². The van der Waals surface area contributed by atoms with Crippen molar-refractivity contribution in [1.82, 2.24) is 0 Å². The molecule has 0 unspecified atom stereocenters. The van der Waals surface area contributed by atoms with E-state index >= 15 is 0 Å². The van der Waals surface area contributed by atoms with Gasteiger partial charge in [-0.25, -0.2) is 4.39 Å². The van der Waals surface area contributed by atoms with E-state index in [1.54, 1.807) is 30.3 Å². The van der Waals surface area contributed by atoms with Gasteiger partial charge in [0.15, 0.2) is 17.4 Å². The molecule has 2 aromatic rings. The summed E-state index contributed by atoms with van der Waals surface area (Å²) in [6, 6.07) is 11.2. The highest BCUT2D eigenvalue weighted by Crippen LogP contribution is 2.28. The van der Waals surface area contributed by atoms with Crippen molar-refractivity contribution < 1.29 is 14.3 Å². The molecule has 0 bridgehead atoms. The topological polar surface area (TPSA) is 67.8 Å². The van der Waals surface area contributed by atoms with Gasteiger partial charge in [0.05, 0.1) is 5.02 Å². The van der Waals surface area contributed by atoms with Gasteiger partial charge in [-0.15, -0.1) is 0 Å². The van der Waals surface area contributed by atoms with E-state index in [9.17, 15) is 4.39 Å². The molecule has 0 aliphatic rings. The molecule has 0 saturated carbocycles. The van der Waals surface area contributed by atoms with Gasteiger partial charge in [0.25, 0.3) is 0 Å². The smallest absolute Gasteiger partial charge is 0.174 e. The lowest BCUT2D eigenvalue weighted by molar-refractivity contribution is 0.290. The first kappa shape index (κ1) is 14.1. The predicted molar refractivity (Wildman–Crippen MR) is 74.7 cm³/mol. The molecule has 0 spiro atoms. The van der Waals surface area contributed by atoms with Crippen LogP contribution in [0.25, 0.3) is 0 Å². The van der Waals surface area contributed by atoms with Gasteiger partial charge in [-0.1, -0.05) is 41.0 Å². The van der Waals surface area contributed by atoms with Crippen molar-refractivity contribution in [2.75, 3.05) is 0 Å². The van der Waals surface area contributed by atoms with Gasteiger partial charge in [-0.2, -0.15) is 0 Å². The number of benzene rings is 2. The third-order valence-corrected chi connectivity index (χ3v) is 2.93. The summed E-state index contributed by atoms with van der Waals surface area (Å²) >= 11 is 5.86. The van der Waals surface area contributed by atoms with Crippen molar-refractivity contribution in [1.29, 1.82) is 0 Å². The Labute approximate surface area is 120 Å². The van der Waals surface area contributed by atoms with Gasteiger partial charge in [-0.05, 0) is 23.8 Å². The van der Waals surface area contributed by atoms with Crippen molar-refractivity contribution in [3.05, 3.63) is 64.4 Å². The second kappa shape index (κ2) is 6.25. The summed E-state index contributed by atoms with van der Waals surface area (Å²) in [4.78, 5) is 0. The molecular weight excluding hydrogens is 283 g/mol. The molecule has 0 radical (unpaired) electrons. The lowest BCUT2D eigenvalue weighted by Crippen LogP contribution is -2.13. The summed E-state index contributed by atoms with van der Waals surface area (Å²) in [5.74, 6) is -0.524. The van der Waals surface area contributed by atoms with Gasteiger partial charge in [0, 0.05) is 5.56 Å². The minimum atomic E-state index is -0.523. The van der Waals surface area contributed by atoms with Crippen molar-refractivity contribution in [2.45, 2.75) is 6.61 Å². The van der Waals surface area contributed by atoms with Crippen molar-refractivity contribution in [3.63, 3.8) is 0 Å². The predicted octanol–water partition coefficient (Wildman–Crippen LogP) is 3.15. The fourth-order valence-electron chi connectivity index (χ4n) is 1.65. The molecule has 2 rings (SSSR count). The van der Waals surface area contributed by atoms with Crippen LogP contribution in [0.5, 0.6) is 5.75 Å². The summed E-state index contributed by atoms with van der Waals surface area (Å²) < 4.78 is 18.9.